The van der Waals surface area contributed by atoms with Crippen molar-refractivity contribution in [1.82, 2.24) is 14.7 Å². The molecule has 2 N–H and O–H groups in total. The summed E-state index contributed by atoms with van der Waals surface area (Å²) in [6.07, 6.45) is 1.85. The van der Waals surface area contributed by atoms with Crippen LogP contribution in [0.3, 0.4) is 0 Å². The molecule has 9 nitrogen and oxygen atoms in total. The average molecular weight is 366 g/mol. The van der Waals surface area contributed by atoms with Crippen molar-refractivity contribution in [3.8, 4) is 11.5 Å². The maximum absolute atomic E-state index is 12.4. The van der Waals surface area contributed by atoms with E-state index in [1.54, 1.807) is 12.1 Å². The maximum atomic E-state index is 12.4. The van der Waals surface area contributed by atoms with Crippen molar-refractivity contribution >= 4 is 21.4 Å². The summed E-state index contributed by atoms with van der Waals surface area (Å²) in [5.41, 5.74) is 5.41. The second-order valence-electron chi connectivity index (χ2n) is 5.99. The summed E-state index contributed by atoms with van der Waals surface area (Å²) in [6.45, 7) is -0.329. The van der Waals surface area contributed by atoms with Crippen molar-refractivity contribution in [3.63, 3.8) is 0 Å². The summed E-state index contributed by atoms with van der Waals surface area (Å²) in [7, 11) is -1.58. The zero-order chi connectivity index (χ0) is 18.2. The molecule has 0 aliphatic carbocycles. The lowest BCUT2D eigenvalue weighted by molar-refractivity contribution is -0.132. The number of nitrogens with zero attached hydrogens (tertiary/aromatic N) is 3. The second kappa shape index (κ2) is 6.36. The van der Waals surface area contributed by atoms with Crippen LogP contribution in [0.25, 0.3) is 11.5 Å². The van der Waals surface area contributed by atoms with Crippen LogP contribution in [0.1, 0.15) is 6.42 Å². The van der Waals surface area contributed by atoms with E-state index in [9.17, 15) is 18.0 Å². The molecular weight excluding hydrogens is 348 g/mol. The molecule has 1 atom stereocenters. The molecule has 25 heavy (non-hydrogen) atoms. The molecule has 1 aliphatic rings. The quantitative estimate of drug-likeness (QED) is 0.788. The summed E-state index contributed by atoms with van der Waals surface area (Å²) in [6, 6.07) is 4.32. The van der Waals surface area contributed by atoms with Crippen molar-refractivity contribution < 1.29 is 17.6 Å². The van der Waals surface area contributed by atoms with Crippen LogP contribution in [0.5, 0.6) is 0 Å². The van der Waals surface area contributed by atoms with Crippen molar-refractivity contribution in [2.24, 2.45) is 0 Å². The summed E-state index contributed by atoms with van der Waals surface area (Å²) >= 11 is 0. The van der Waals surface area contributed by atoms with Gasteiger partial charge in [0.2, 0.25) is 5.91 Å². The predicted octanol–water partition coefficient (Wildman–Crippen LogP) is -0.269. The van der Waals surface area contributed by atoms with Crippen LogP contribution < -0.4 is 11.3 Å². The SMILES string of the molecule is CN(C(=O)Cn1nc(-c2ccco2)cc(N)c1=O)[C@H]1CCS(=O)(=O)C1. The van der Waals surface area contributed by atoms with Gasteiger partial charge in [-0.25, -0.2) is 13.1 Å². The fraction of sp³-hybridized carbons (Fsp3) is 0.400. The topological polar surface area (TPSA) is 128 Å². The molecule has 1 amide bonds. The van der Waals surface area contributed by atoms with E-state index < -0.39 is 21.3 Å². The Labute approximate surface area is 143 Å². The Balaban J connectivity index is 1.82. The average Bonchev–Trinajstić information content (AvgIpc) is 3.20. The highest BCUT2D eigenvalue weighted by Crippen LogP contribution is 2.18. The zero-order valence-electron chi connectivity index (χ0n) is 13.6. The van der Waals surface area contributed by atoms with Gasteiger partial charge in [-0.15, -0.1) is 0 Å². The number of hydrogen-bond donors (Lipinski definition) is 1. The van der Waals surface area contributed by atoms with Gasteiger partial charge in [0.25, 0.3) is 5.56 Å². The van der Waals surface area contributed by atoms with Gasteiger partial charge in [-0.2, -0.15) is 5.10 Å². The number of anilines is 1. The fourth-order valence-corrected chi connectivity index (χ4v) is 4.51. The third-order valence-corrected chi connectivity index (χ3v) is 5.96. The van der Waals surface area contributed by atoms with Gasteiger partial charge in [-0.05, 0) is 24.6 Å². The van der Waals surface area contributed by atoms with Gasteiger partial charge in [-0.3, -0.25) is 9.59 Å². The molecular formula is C15H18N4O5S. The largest absolute Gasteiger partial charge is 0.463 e. The molecule has 2 aromatic rings. The number of nitrogens with two attached hydrogens (primary N) is 1. The van der Waals surface area contributed by atoms with Crippen molar-refractivity contribution in [2.45, 2.75) is 19.0 Å². The fourth-order valence-electron chi connectivity index (χ4n) is 2.74. The number of amides is 1. The first kappa shape index (κ1) is 17.2. The van der Waals surface area contributed by atoms with Gasteiger partial charge in [0.05, 0.1) is 17.8 Å². The summed E-state index contributed by atoms with van der Waals surface area (Å²) in [5, 5.41) is 4.12. The van der Waals surface area contributed by atoms with Gasteiger partial charge < -0.3 is 15.1 Å². The van der Waals surface area contributed by atoms with E-state index in [2.05, 4.69) is 5.10 Å². The molecule has 10 heteroatoms. The Kier molecular flexibility index (Phi) is 4.38. The Bertz CT molecular complexity index is 949. The molecule has 3 rings (SSSR count). The predicted molar refractivity (Wildman–Crippen MR) is 90.4 cm³/mol. The van der Waals surface area contributed by atoms with E-state index in [0.717, 1.165) is 4.68 Å². The molecule has 2 aromatic heterocycles. The summed E-state index contributed by atoms with van der Waals surface area (Å²) in [5.74, 6) is 0.0106. The molecule has 134 valence electrons. The molecule has 0 aromatic carbocycles. The smallest absolute Gasteiger partial charge is 0.290 e. The maximum Gasteiger partial charge on any atom is 0.290 e. The number of carbonyl (C=O) groups excluding carboxylic acids is 1. The van der Waals surface area contributed by atoms with Crippen LogP contribution in [-0.2, 0) is 21.2 Å². The monoisotopic (exact) mass is 366 g/mol. The summed E-state index contributed by atoms with van der Waals surface area (Å²) in [4.78, 5) is 25.9. The number of sulfone groups is 1. The van der Waals surface area contributed by atoms with E-state index in [0.29, 0.717) is 17.9 Å². The van der Waals surface area contributed by atoms with Crippen LogP contribution in [0.2, 0.25) is 0 Å². The number of furan rings is 1. The number of carbonyl (C=O) groups is 1. The Hall–Kier alpha value is -2.62. The van der Waals surface area contributed by atoms with Gasteiger partial charge in [0, 0.05) is 13.1 Å². The van der Waals surface area contributed by atoms with E-state index in [4.69, 9.17) is 10.2 Å². The Morgan fingerprint density at radius 3 is 2.88 bits per heavy atom. The van der Waals surface area contributed by atoms with Gasteiger partial charge in [0.15, 0.2) is 15.6 Å². The first-order valence-corrected chi connectivity index (χ1v) is 9.46. The van der Waals surface area contributed by atoms with Crippen molar-refractivity contribution in [2.75, 3.05) is 24.3 Å². The van der Waals surface area contributed by atoms with Crippen LogP contribution in [0, 0.1) is 0 Å². The lowest BCUT2D eigenvalue weighted by Gasteiger charge is -2.23. The lowest BCUT2D eigenvalue weighted by atomic mass is 10.2. The molecule has 1 saturated heterocycles. The lowest BCUT2D eigenvalue weighted by Crippen LogP contribution is -2.42. The highest BCUT2D eigenvalue weighted by Gasteiger charge is 2.32. The highest BCUT2D eigenvalue weighted by atomic mass is 32.2. The van der Waals surface area contributed by atoms with Crippen LogP contribution >= 0.6 is 0 Å². The van der Waals surface area contributed by atoms with Crippen LogP contribution in [0.4, 0.5) is 5.69 Å². The minimum absolute atomic E-state index is 0.0553. The molecule has 1 aliphatic heterocycles. The summed E-state index contributed by atoms with van der Waals surface area (Å²) < 4.78 is 29.3. The molecule has 0 spiro atoms. The second-order valence-corrected chi connectivity index (χ2v) is 8.22. The number of likely N-dealkylation sites (N-methyl/N-ethyl adjacent to an activating group) is 1. The first-order valence-electron chi connectivity index (χ1n) is 7.64. The number of nitrogen functional groups attached to an aromatic ring is 1. The Morgan fingerprint density at radius 2 is 2.28 bits per heavy atom. The van der Waals surface area contributed by atoms with Crippen molar-refractivity contribution in [1.29, 1.82) is 0 Å². The molecule has 0 saturated carbocycles. The number of rotatable bonds is 4. The number of hydrogen-bond acceptors (Lipinski definition) is 7. The Morgan fingerprint density at radius 1 is 1.52 bits per heavy atom. The normalized spacial score (nSPS) is 19.0. The highest BCUT2D eigenvalue weighted by molar-refractivity contribution is 7.91. The van der Waals surface area contributed by atoms with E-state index in [1.807, 2.05) is 0 Å². The molecule has 0 unspecified atom stereocenters. The van der Waals surface area contributed by atoms with Gasteiger partial charge in [-0.1, -0.05) is 0 Å². The minimum Gasteiger partial charge on any atom is -0.463 e. The van der Waals surface area contributed by atoms with Crippen LogP contribution in [-0.4, -0.2) is 53.6 Å². The minimum atomic E-state index is -3.11. The molecule has 0 radical (unpaired) electrons. The van der Waals surface area contributed by atoms with Gasteiger partial charge in [0.1, 0.15) is 17.9 Å². The molecule has 1 fully saturated rings. The van der Waals surface area contributed by atoms with E-state index >= 15 is 0 Å². The van der Waals surface area contributed by atoms with Gasteiger partial charge >= 0.3 is 0 Å². The standard InChI is InChI=1S/C15H18N4O5S/c1-18(10-4-6-25(22,23)9-10)14(20)8-19-15(21)11(16)7-12(17-19)13-3-2-5-24-13/h2-3,5,7,10H,4,6,8-9,16H2,1H3/t10-/m0/s1. The molecule has 3 heterocycles. The number of aromatic nitrogens is 2. The van der Waals surface area contributed by atoms with E-state index in [-0.39, 0.29) is 29.8 Å². The first-order chi connectivity index (χ1) is 11.8. The third kappa shape index (κ3) is 3.58. The molecule has 0 bridgehead atoms. The zero-order valence-corrected chi connectivity index (χ0v) is 14.4. The van der Waals surface area contributed by atoms with E-state index in [1.165, 1.54) is 24.3 Å². The van der Waals surface area contributed by atoms with Crippen molar-refractivity contribution in [3.05, 3.63) is 34.8 Å². The van der Waals surface area contributed by atoms with Crippen LogP contribution in [0.15, 0.2) is 33.7 Å². The third-order valence-electron chi connectivity index (χ3n) is 4.21.